The highest BCUT2D eigenvalue weighted by Crippen LogP contribution is 2.22. The molecule has 0 unspecified atom stereocenters. The predicted octanol–water partition coefficient (Wildman–Crippen LogP) is 3.30. The van der Waals surface area contributed by atoms with E-state index in [9.17, 15) is 9.59 Å². The van der Waals surface area contributed by atoms with E-state index < -0.39 is 0 Å². The van der Waals surface area contributed by atoms with Gasteiger partial charge in [-0.3, -0.25) is 9.59 Å². The molecular weight excluding hydrogens is 301 g/mol. The first-order chi connectivity index (χ1) is 9.43. The maximum atomic E-state index is 11.9. The molecule has 1 aromatic carbocycles. The van der Waals surface area contributed by atoms with Crippen LogP contribution in [0.5, 0.6) is 0 Å². The molecule has 0 heterocycles. The molecule has 0 radical (unpaired) electrons. The van der Waals surface area contributed by atoms with Crippen molar-refractivity contribution >= 4 is 35.1 Å². The summed E-state index contributed by atoms with van der Waals surface area (Å²) in [6.07, 6.45) is 0.214. The maximum Gasteiger partial charge on any atom is 0.306 e. The number of ether oxygens (including phenoxy) is 1. The lowest BCUT2D eigenvalue weighted by Crippen LogP contribution is -2.26. The molecule has 0 aliphatic carbocycles. The highest BCUT2D eigenvalue weighted by molar-refractivity contribution is 6.35. The Bertz CT molecular complexity index is 491. The molecule has 0 bridgehead atoms. The van der Waals surface area contributed by atoms with Gasteiger partial charge in [0.15, 0.2) is 0 Å². The van der Waals surface area contributed by atoms with Gasteiger partial charge >= 0.3 is 5.97 Å². The molecule has 1 aromatic rings. The number of carbonyl (C=O) groups excluding carboxylic acids is 2. The van der Waals surface area contributed by atoms with Crippen molar-refractivity contribution in [1.29, 1.82) is 0 Å². The van der Waals surface area contributed by atoms with Gasteiger partial charge in [0, 0.05) is 30.1 Å². The zero-order chi connectivity index (χ0) is 15.1. The van der Waals surface area contributed by atoms with Crippen LogP contribution < -0.4 is 0 Å². The average Bonchev–Trinajstić information content (AvgIpc) is 2.39. The lowest BCUT2D eigenvalue weighted by atomic mass is 10.2. The normalized spacial score (nSPS) is 10.2. The van der Waals surface area contributed by atoms with Crippen LogP contribution in [0.4, 0.5) is 0 Å². The molecule has 0 spiro atoms. The Hall–Kier alpha value is -1.26. The molecular formula is C14H17Cl2NO3. The van der Waals surface area contributed by atoms with Crippen molar-refractivity contribution in [2.45, 2.75) is 26.3 Å². The van der Waals surface area contributed by atoms with E-state index in [-0.39, 0.29) is 24.7 Å². The Morgan fingerprint density at radius 2 is 1.95 bits per heavy atom. The van der Waals surface area contributed by atoms with Gasteiger partial charge in [0.25, 0.3) is 0 Å². The predicted molar refractivity (Wildman–Crippen MR) is 78.8 cm³/mol. The summed E-state index contributed by atoms with van der Waals surface area (Å²) in [4.78, 5) is 24.6. The molecule has 0 N–H and O–H groups in total. The number of hydrogen-bond donors (Lipinski definition) is 0. The molecule has 20 heavy (non-hydrogen) atoms. The van der Waals surface area contributed by atoms with E-state index in [0.717, 1.165) is 5.56 Å². The summed E-state index contributed by atoms with van der Waals surface area (Å²) >= 11 is 11.9. The summed E-state index contributed by atoms with van der Waals surface area (Å²) in [5.41, 5.74) is 0.808. The quantitative estimate of drug-likeness (QED) is 0.756. The minimum atomic E-state index is -0.362. The van der Waals surface area contributed by atoms with Gasteiger partial charge in [0.05, 0.1) is 13.0 Å². The molecule has 0 saturated carbocycles. The number of amides is 1. The number of nitrogens with zero attached hydrogens (tertiary/aromatic N) is 1. The van der Waals surface area contributed by atoms with E-state index in [1.807, 2.05) is 0 Å². The Labute approximate surface area is 128 Å². The van der Waals surface area contributed by atoms with Gasteiger partial charge in [0.2, 0.25) is 5.91 Å². The third-order valence-corrected chi connectivity index (χ3v) is 3.28. The summed E-state index contributed by atoms with van der Waals surface area (Å²) in [5.74, 6) is -0.497. The third-order valence-electron chi connectivity index (χ3n) is 2.70. The van der Waals surface area contributed by atoms with Gasteiger partial charge in [-0.2, -0.15) is 0 Å². The average molecular weight is 318 g/mol. The fourth-order valence-electron chi connectivity index (χ4n) is 1.63. The molecule has 110 valence electrons. The topological polar surface area (TPSA) is 46.6 Å². The second-order valence-electron chi connectivity index (χ2n) is 4.29. The second-order valence-corrected chi connectivity index (χ2v) is 5.13. The number of benzene rings is 1. The van der Waals surface area contributed by atoms with Crippen LogP contribution in [0.3, 0.4) is 0 Å². The summed E-state index contributed by atoms with van der Waals surface area (Å²) in [5, 5.41) is 1.07. The summed E-state index contributed by atoms with van der Waals surface area (Å²) in [6.45, 7) is 2.43. The Kier molecular flexibility index (Phi) is 6.82. The van der Waals surface area contributed by atoms with Crippen molar-refractivity contribution in [3.8, 4) is 0 Å². The number of rotatable bonds is 6. The van der Waals surface area contributed by atoms with Gasteiger partial charge in [-0.1, -0.05) is 29.3 Å². The molecule has 0 aromatic heterocycles. The standard InChI is InChI=1S/C14H17Cl2NO3/c1-3-20-14(19)7-6-13(18)17(2)9-10-4-5-11(15)8-12(10)16/h4-5,8H,3,6-7,9H2,1-2H3. The molecule has 0 aliphatic rings. The van der Waals surface area contributed by atoms with E-state index in [1.165, 1.54) is 4.90 Å². The fraction of sp³-hybridized carbons (Fsp3) is 0.429. The van der Waals surface area contributed by atoms with Crippen molar-refractivity contribution in [2.75, 3.05) is 13.7 Å². The molecule has 0 atom stereocenters. The molecule has 0 aliphatic heterocycles. The summed E-state index contributed by atoms with van der Waals surface area (Å²) in [7, 11) is 1.67. The van der Waals surface area contributed by atoms with E-state index in [2.05, 4.69) is 0 Å². The number of carbonyl (C=O) groups is 2. The SMILES string of the molecule is CCOC(=O)CCC(=O)N(C)Cc1ccc(Cl)cc1Cl. The third kappa shape index (κ3) is 5.39. The van der Waals surface area contributed by atoms with Gasteiger partial charge in [-0.25, -0.2) is 0 Å². The van der Waals surface area contributed by atoms with Crippen LogP contribution in [-0.4, -0.2) is 30.4 Å². The monoisotopic (exact) mass is 317 g/mol. The van der Waals surface area contributed by atoms with Crippen LogP contribution in [0.1, 0.15) is 25.3 Å². The molecule has 4 nitrogen and oxygen atoms in total. The number of esters is 1. The van der Waals surface area contributed by atoms with Crippen LogP contribution in [0, 0.1) is 0 Å². The minimum Gasteiger partial charge on any atom is -0.466 e. The summed E-state index contributed by atoms with van der Waals surface area (Å²) in [6, 6.07) is 5.13. The highest BCUT2D eigenvalue weighted by Gasteiger charge is 2.13. The van der Waals surface area contributed by atoms with Crippen molar-refractivity contribution < 1.29 is 14.3 Å². The maximum absolute atomic E-state index is 11.9. The van der Waals surface area contributed by atoms with Crippen LogP contribution >= 0.6 is 23.2 Å². The number of halogens is 2. The van der Waals surface area contributed by atoms with Gasteiger partial charge < -0.3 is 9.64 Å². The van der Waals surface area contributed by atoms with E-state index in [0.29, 0.717) is 23.2 Å². The van der Waals surface area contributed by atoms with Crippen molar-refractivity contribution in [3.63, 3.8) is 0 Å². The molecule has 1 amide bonds. The van der Waals surface area contributed by atoms with Gasteiger partial charge in [-0.15, -0.1) is 0 Å². The van der Waals surface area contributed by atoms with E-state index in [4.69, 9.17) is 27.9 Å². The highest BCUT2D eigenvalue weighted by atomic mass is 35.5. The van der Waals surface area contributed by atoms with Crippen molar-refractivity contribution in [3.05, 3.63) is 33.8 Å². The van der Waals surface area contributed by atoms with Crippen LogP contribution in [0.25, 0.3) is 0 Å². The lowest BCUT2D eigenvalue weighted by Gasteiger charge is -2.18. The zero-order valence-electron chi connectivity index (χ0n) is 11.5. The zero-order valence-corrected chi connectivity index (χ0v) is 13.0. The molecule has 0 fully saturated rings. The number of hydrogen-bond acceptors (Lipinski definition) is 3. The lowest BCUT2D eigenvalue weighted by molar-refractivity contribution is -0.145. The molecule has 1 rings (SSSR count). The second kappa shape index (κ2) is 8.12. The first-order valence-corrected chi connectivity index (χ1v) is 7.03. The van der Waals surface area contributed by atoms with Crippen LogP contribution in [-0.2, 0) is 20.9 Å². The first-order valence-electron chi connectivity index (χ1n) is 6.27. The van der Waals surface area contributed by atoms with Crippen molar-refractivity contribution in [1.82, 2.24) is 4.90 Å². The Balaban J connectivity index is 2.51. The van der Waals surface area contributed by atoms with Crippen molar-refractivity contribution in [2.24, 2.45) is 0 Å². The first kappa shape index (κ1) is 16.8. The molecule has 0 saturated heterocycles. The van der Waals surface area contributed by atoms with Crippen LogP contribution in [0.2, 0.25) is 10.0 Å². The Morgan fingerprint density at radius 3 is 2.55 bits per heavy atom. The minimum absolute atomic E-state index is 0.0887. The molecule has 6 heteroatoms. The largest absolute Gasteiger partial charge is 0.466 e. The smallest absolute Gasteiger partial charge is 0.306 e. The Morgan fingerprint density at radius 1 is 1.25 bits per heavy atom. The van der Waals surface area contributed by atoms with Gasteiger partial charge in [-0.05, 0) is 24.6 Å². The summed E-state index contributed by atoms with van der Waals surface area (Å²) < 4.78 is 4.78. The van der Waals surface area contributed by atoms with Crippen LogP contribution in [0.15, 0.2) is 18.2 Å². The van der Waals surface area contributed by atoms with E-state index >= 15 is 0 Å². The van der Waals surface area contributed by atoms with E-state index in [1.54, 1.807) is 32.2 Å². The van der Waals surface area contributed by atoms with Gasteiger partial charge in [0.1, 0.15) is 0 Å². The fourth-order valence-corrected chi connectivity index (χ4v) is 2.09.